The smallest absolute Gasteiger partial charge is 0.306 e. The monoisotopic (exact) mass is 455 g/mol. The minimum absolute atomic E-state index is 0.0105. The van der Waals surface area contributed by atoms with Crippen molar-refractivity contribution < 1.29 is 33.8 Å². The van der Waals surface area contributed by atoms with E-state index >= 15 is 0 Å². The molecule has 2 saturated heterocycles. The van der Waals surface area contributed by atoms with Crippen LogP contribution >= 0.6 is 0 Å². The molecule has 2 N–H and O–H groups in total. The van der Waals surface area contributed by atoms with Crippen LogP contribution in [-0.4, -0.2) is 75.8 Å². The summed E-state index contributed by atoms with van der Waals surface area (Å²) < 4.78 is 6.03. The number of fused-ring (bicyclic) bond motifs is 1. The highest BCUT2D eigenvalue weighted by Crippen LogP contribution is 2.35. The number of piperidine rings is 2. The normalized spacial score (nSPS) is 28.4. The van der Waals surface area contributed by atoms with Gasteiger partial charge in [0.1, 0.15) is 17.9 Å². The average molecular weight is 455 g/mol. The molecule has 1 saturated carbocycles. The molecule has 10 nitrogen and oxygen atoms in total. The van der Waals surface area contributed by atoms with Crippen LogP contribution in [0.5, 0.6) is 5.75 Å². The lowest BCUT2D eigenvalue weighted by molar-refractivity contribution is -0.144. The minimum Gasteiger partial charge on any atom is -0.490 e. The van der Waals surface area contributed by atoms with Gasteiger partial charge in [0.2, 0.25) is 11.8 Å². The Morgan fingerprint density at radius 1 is 1.00 bits per heavy atom. The Kier molecular flexibility index (Phi) is 5.40. The molecule has 1 unspecified atom stereocenters. The number of imide groups is 2. The van der Waals surface area contributed by atoms with Gasteiger partial charge in [-0.1, -0.05) is 0 Å². The molecule has 3 aliphatic heterocycles. The number of nitrogens with zero attached hydrogens (tertiary/aromatic N) is 2. The average Bonchev–Trinajstić information content (AvgIpc) is 3.00. The Morgan fingerprint density at radius 3 is 2.36 bits per heavy atom. The van der Waals surface area contributed by atoms with Crippen LogP contribution < -0.4 is 10.1 Å². The van der Waals surface area contributed by atoms with E-state index in [1.54, 1.807) is 18.2 Å². The van der Waals surface area contributed by atoms with Gasteiger partial charge in [0, 0.05) is 25.3 Å². The summed E-state index contributed by atoms with van der Waals surface area (Å²) in [4.78, 5) is 63.6. The Labute approximate surface area is 189 Å². The summed E-state index contributed by atoms with van der Waals surface area (Å²) in [6.07, 6.45) is 3.17. The van der Waals surface area contributed by atoms with E-state index in [0.717, 1.165) is 30.8 Å². The Hall–Kier alpha value is -3.27. The van der Waals surface area contributed by atoms with Gasteiger partial charge in [0.05, 0.1) is 17.0 Å². The summed E-state index contributed by atoms with van der Waals surface area (Å²) >= 11 is 0. The molecule has 10 heteroatoms. The molecule has 0 radical (unpaired) electrons. The molecule has 0 bridgehead atoms. The maximum atomic E-state index is 12.9. The van der Waals surface area contributed by atoms with Crippen molar-refractivity contribution in [3.63, 3.8) is 0 Å². The van der Waals surface area contributed by atoms with Crippen molar-refractivity contribution in [2.45, 2.75) is 56.7 Å². The Bertz CT molecular complexity index is 1040. The van der Waals surface area contributed by atoms with Crippen LogP contribution in [0.15, 0.2) is 18.2 Å². The van der Waals surface area contributed by atoms with Gasteiger partial charge >= 0.3 is 5.97 Å². The first-order chi connectivity index (χ1) is 15.8. The van der Waals surface area contributed by atoms with E-state index in [4.69, 9.17) is 9.84 Å². The molecule has 0 spiro atoms. The number of nitrogens with one attached hydrogen (secondary N) is 1. The fourth-order valence-electron chi connectivity index (χ4n) is 5.16. The molecule has 4 aliphatic rings. The fraction of sp³-hybridized carbons (Fsp3) is 0.522. The second kappa shape index (κ2) is 8.26. The third-order valence-electron chi connectivity index (χ3n) is 7.18. The number of carboxylic acid groups (broad SMARTS) is 1. The molecule has 33 heavy (non-hydrogen) atoms. The topological polar surface area (TPSA) is 133 Å². The summed E-state index contributed by atoms with van der Waals surface area (Å²) in [5.74, 6) is -2.61. The number of carbonyl (C=O) groups is 5. The number of carbonyl (C=O) groups excluding carboxylic acids is 4. The number of hydrogen-bond acceptors (Lipinski definition) is 7. The number of amides is 4. The SMILES string of the molecule is O=C1CCC(N2C(=O)c3ccc(OC4CC(N5CCC(C(=O)O)CC5)C4)cc3C2=O)C(=O)N1. The van der Waals surface area contributed by atoms with Crippen molar-refractivity contribution >= 4 is 29.6 Å². The van der Waals surface area contributed by atoms with Crippen molar-refractivity contribution in [2.75, 3.05) is 13.1 Å². The van der Waals surface area contributed by atoms with Crippen molar-refractivity contribution in [1.82, 2.24) is 15.1 Å². The second-order valence-electron chi connectivity index (χ2n) is 9.17. The zero-order valence-electron chi connectivity index (χ0n) is 18.0. The van der Waals surface area contributed by atoms with Gasteiger partial charge in [-0.05, 0) is 50.6 Å². The number of benzene rings is 1. The summed E-state index contributed by atoms with van der Waals surface area (Å²) in [5.41, 5.74) is 0.429. The zero-order valence-corrected chi connectivity index (χ0v) is 18.0. The first kappa shape index (κ1) is 21.6. The third-order valence-corrected chi connectivity index (χ3v) is 7.18. The second-order valence-corrected chi connectivity index (χ2v) is 9.17. The van der Waals surface area contributed by atoms with Crippen LogP contribution in [0.2, 0.25) is 0 Å². The lowest BCUT2D eigenvalue weighted by Crippen LogP contribution is -2.54. The van der Waals surface area contributed by atoms with Crippen LogP contribution in [0.4, 0.5) is 0 Å². The fourth-order valence-corrected chi connectivity index (χ4v) is 5.16. The first-order valence-corrected chi connectivity index (χ1v) is 11.3. The molecule has 5 rings (SSSR count). The highest BCUT2D eigenvalue weighted by molar-refractivity contribution is 6.23. The molecule has 3 fully saturated rings. The number of likely N-dealkylation sites (tertiary alicyclic amines) is 1. The third kappa shape index (κ3) is 3.88. The van der Waals surface area contributed by atoms with E-state index in [1.807, 2.05) is 0 Å². The Balaban J connectivity index is 1.19. The van der Waals surface area contributed by atoms with Gasteiger partial charge in [0.25, 0.3) is 11.8 Å². The molecule has 174 valence electrons. The van der Waals surface area contributed by atoms with Gasteiger partial charge in [-0.2, -0.15) is 0 Å². The van der Waals surface area contributed by atoms with E-state index in [2.05, 4.69) is 10.2 Å². The number of carboxylic acids is 1. The van der Waals surface area contributed by atoms with Crippen molar-refractivity contribution in [3.05, 3.63) is 29.3 Å². The quantitative estimate of drug-likeness (QED) is 0.623. The molecule has 3 heterocycles. The van der Waals surface area contributed by atoms with Gasteiger partial charge in [0.15, 0.2) is 0 Å². The first-order valence-electron chi connectivity index (χ1n) is 11.3. The minimum atomic E-state index is -0.989. The summed E-state index contributed by atoms with van der Waals surface area (Å²) in [6, 6.07) is 4.13. The molecule has 4 amide bonds. The molecular weight excluding hydrogens is 430 g/mol. The van der Waals surface area contributed by atoms with E-state index in [0.29, 0.717) is 24.6 Å². The van der Waals surface area contributed by atoms with Crippen LogP contribution in [-0.2, 0) is 14.4 Å². The summed E-state index contributed by atoms with van der Waals surface area (Å²) in [7, 11) is 0. The molecular formula is C23H25N3O7. The number of hydrogen-bond donors (Lipinski definition) is 2. The molecule has 1 atom stereocenters. The maximum absolute atomic E-state index is 12.9. The van der Waals surface area contributed by atoms with Crippen LogP contribution in [0, 0.1) is 5.92 Å². The van der Waals surface area contributed by atoms with Crippen molar-refractivity contribution in [2.24, 2.45) is 5.92 Å². The van der Waals surface area contributed by atoms with Crippen molar-refractivity contribution in [3.8, 4) is 5.75 Å². The van der Waals surface area contributed by atoms with Gasteiger partial charge < -0.3 is 14.7 Å². The van der Waals surface area contributed by atoms with Gasteiger partial charge in [-0.15, -0.1) is 0 Å². The summed E-state index contributed by atoms with van der Waals surface area (Å²) in [6.45, 7) is 1.56. The zero-order chi connectivity index (χ0) is 23.3. The van der Waals surface area contributed by atoms with Gasteiger partial charge in [-0.3, -0.25) is 34.2 Å². The predicted molar refractivity (Wildman–Crippen MR) is 112 cm³/mol. The van der Waals surface area contributed by atoms with Crippen LogP contribution in [0.25, 0.3) is 0 Å². The molecule has 1 aromatic rings. The maximum Gasteiger partial charge on any atom is 0.306 e. The van der Waals surface area contributed by atoms with Crippen molar-refractivity contribution in [1.29, 1.82) is 0 Å². The van der Waals surface area contributed by atoms with Gasteiger partial charge in [-0.25, -0.2) is 0 Å². The lowest BCUT2D eigenvalue weighted by Gasteiger charge is -2.45. The summed E-state index contributed by atoms with van der Waals surface area (Å²) in [5, 5.41) is 11.3. The number of aliphatic carboxylic acids is 1. The van der Waals surface area contributed by atoms with E-state index in [-0.39, 0.29) is 36.0 Å². The number of rotatable bonds is 5. The van der Waals surface area contributed by atoms with E-state index in [9.17, 15) is 24.0 Å². The van der Waals surface area contributed by atoms with Crippen LogP contribution in [0.3, 0.4) is 0 Å². The van der Waals surface area contributed by atoms with E-state index in [1.165, 1.54) is 0 Å². The number of ether oxygens (including phenoxy) is 1. The Morgan fingerprint density at radius 2 is 1.70 bits per heavy atom. The predicted octanol–water partition coefficient (Wildman–Crippen LogP) is 0.794. The molecule has 0 aromatic heterocycles. The van der Waals surface area contributed by atoms with E-state index < -0.39 is 35.6 Å². The highest BCUT2D eigenvalue weighted by atomic mass is 16.5. The lowest BCUT2D eigenvalue weighted by atomic mass is 9.85. The standard InChI is InChI=1S/C23H25N3O7/c27-19-4-3-18(20(28)24-19)26-21(29)16-2-1-14(11-17(16)22(26)30)33-15-9-13(10-15)25-7-5-12(6-8-25)23(31)32/h1-2,11-13,15,18H,3-10H2,(H,31,32)(H,24,27,28). The largest absolute Gasteiger partial charge is 0.490 e. The highest BCUT2D eigenvalue weighted by Gasteiger charge is 2.45. The molecule has 1 aromatic carbocycles. The van der Waals surface area contributed by atoms with Crippen LogP contribution in [0.1, 0.15) is 59.2 Å². The molecule has 1 aliphatic carbocycles.